The van der Waals surface area contributed by atoms with Crippen LogP contribution >= 0.6 is 11.8 Å². The first kappa shape index (κ1) is 10.7. The predicted octanol–water partition coefficient (Wildman–Crippen LogP) is 2.17. The molecule has 0 radical (unpaired) electrons. The van der Waals surface area contributed by atoms with E-state index in [1.165, 1.54) is 5.39 Å². The van der Waals surface area contributed by atoms with Gasteiger partial charge in [-0.25, -0.2) is 0 Å². The first-order valence-corrected chi connectivity index (χ1v) is 6.89. The highest BCUT2D eigenvalue weighted by molar-refractivity contribution is 7.99. The Bertz CT molecular complexity index is 543. The molecule has 17 heavy (non-hydrogen) atoms. The van der Waals surface area contributed by atoms with Crippen molar-refractivity contribution in [3.05, 3.63) is 36.5 Å². The molecule has 0 unspecified atom stereocenters. The van der Waals surface area contributed by atoms with Gasteiger partial charge in [0, 0.05) is 24.0 Å². The molecule has 3 nitrogen and oxygen atoms in total. The molecule has 1 aliphatic heterocycles. The molecule has 0 N–H and O–H groups in total. The summed E-state index contributed by atoms with van der Waals surface area (Å²) >= 11 is 1.82. The zero-order chi connectivity index (χ0) is 11.7. The molecule has 3 rings (SSSR count). The van der Waals surface area contributed by atoms with Crippen molar-refractivity contribution in [3.8, 4) is 0 Å². The fraction of sp³-hybridized carbons (Fsp3) is 0.308. The Balaban J connectivity index is 1.82. The third kappa shape index (κ3) is 2.05. The lowest BCUT2D eigenvalue weighted by Gasteiger charge is -2.15. The maximum Gasteiger partial charge on any atom is 0.243 e. The van der Waals surface area contributed by atoms with Gasteiger partial charge in [0.05, 0.1) is 5.88 Å². The fourth-order valence-electron chi connectivity index (χ4n) is 2.13. The van der Waals surface area contributed by atoms with Crippen LogP contribution in [-0.2, 0) is 11.3 Å². The van der Waals surface area contributed by atoms with E-state index in [9.17, 15) is 4.79 Å². The minimum Gasteiger partial charge on any atom is -0.338 e. The van der Waals surface area contributed by atoms with E-state index in [4.69, 9.17) is 0 Å². The summed E-state index contributed by atoms with van der Waals surface area (Å²) in [6, 6.07) is 10.2. The molecule has 2 aromatic rings. The molecular formula is C13H14N2OS. The van der Waals surface area contributed by atoms with Crippen molar-refractivity contribution < 1.29 is 4.79 Å². The van der Waals surface area contributed by atoms with Gasteiger partial charge in [-0.15, -0.1) is 11.8 Å². The van der Waals surface area contributed by atoms with Crippen molar-refractivity contribution in [2.75, 3.05) is 18.2 Å². The molecule has 1 aliphatic rings. The highest BCUT2D eigenvalue weighted by Crippen LogP contribution is 2.17. The van der Waals surface area contributed by atoms with Gasteiger partial charge in [-0.1, -0.05) is 18.2 Å². The third-order valence-electron chi connectivity index (χ3n) is 3.09. The third-order valence-corrected chi connectivity index (χ3v) is 4.06. The summed E-state index contributed by atoms with van der Waals surface area (Å²) in [7, 11) is 0. The second kappa shape index (κ2) is 4.45. The van der Waals surface area contributed by atoms with Crippen molar-refractivity contribution in [1.29, 1.82) is 0 Å². The maximum absolute atomic E-state index is 12.0. The SMILES string of the molecule is O=C(Cn1ccc2ccccc21)N1CCSC1. The lowest BCUT2D eigenvalue weighted by atomic mass is 10.2. The van der Waals surface area contributed by atoms with E-state index in [1.54, 1.807) is 0 Å². The van der Waals surface area contributed by atoms with Gasteiger partial charge in [0.15, 0.2) is 0 Å². The zero-order valence-corrected chi connectivity index (χ0v) is 10.3. The summed E-state index contributed by atoms with van der Waals surface area (Å²) < 4.78 is 2.03. The number of para-hydroxylation sites is 1. The number of hydrogen-bond acceptors (Lipinski definition) is 2. The Morgan fingerprint density at radius 2 is 2.18 bits per heavy atom. The molecule has 1 aromatic heterocycles. The average Bonchev–Trinajstić information content (AvgIpc) is 2.98. The van der Waals surface area contributed by atoms with Gasteiger partial charge in [-0.2, -0.15) is 0 Å². The Kier molecular flexibility index (Phi) is 2.81. The number of fused-ring (bicyclic) bond motifs is 1. The molecule has 0 saturated carbocycles. The summed E-state index contributed by atoms with van der Waals surface area (Å²) in [5, 5.41) is 1.19. The number of nitrogens with zero attached hydrogens (tertiary/aromatic N) is 2. The molecule has 1 saturated heterocycles. The summed E-state index contributed by atoms with van der Waals surface area (Å²) in [4.78, 5) is 14.0. The van der Waals surface area contributed by atoms with E-state index >= 15 is 0 Å². The number of rotatable bonds is 2. The van der Waals surface area contributed by atoms with E-state index < -0.39 is 0 Å². The molecule has 88 valence electrons. The fourth-order valence-corrected chi connectivity index (χ4v) is 3.11. The minimum atomic E-state index is 0.219. The van der Waals surface area contributed by atoms with Gasteiger partial charge in [-0.05, 0) is 17.5 Å². The predicted molar refractivity (Wildman–Crippen MR) is 71.0 cm³/mol. The van der Waals surface area contributed by atoms with Crippen molar-refractivity contribution in [1.82, 2.24) is 9.47 Å². The van der Waals surface area contributed by atoms with Gasteiger partial charge < -0.3 is 9.47 Å². The van der Waals surface area contributed by atoms with Crippen molar-refractivity contribution in [3.63, 3.8) is 0 Å². The number of amides is 1. The Morgan fingerprint density at radius 3 is 3.00 bits per heavy atom. The van der Waals surface area contributed by atoms with E-state index in [1.807, 2.05) is 39.6 Å². The highest BCUT2D eigenvalue weighted by atomic mass is 32.2. The molecule has 1 aromatic carbocycles. The van der Waals surface area contributed by atoms with E-state index in [2.05, 4.69) is 18.2 Å². The smallest absolute Gasteiger partial charge is 0.243 e. The van der Waals surface area contributed by atoms with Gasteiger partial charge in [-0.3, -0.25) is 4.79 Å². The van der Waals surface area contributed by atoms with Crippen LogP contribution in [0.1, 0.15) is 0 Å². The van der Waals surface area contributed by atoms with Crippen LogP contribution in [-0.4, -0.2) is 33.5 Å². The maximum atomic E-state index is 12.0. The number of carbonyl (C=O) groups is 1. The van der Waals surface area contributed by atoms with Crippen molar-refractivity contribution in [2.24, 2.45) is 0 Å². The normalized spacial score (nSPS) is 15.6. The molecule has 0 bridgehead atoms. The van der Waals surface area contributed by atoms with Crippen LogP contribution in [0.3, 0.4) is 0 Å². The monoisotopic (exact) mass is 246 g/mol. The second-order valence-electron chi connectivity index (χ2n) is 4.20. The van der Waals surface area contributed by atoms with Crippen LogP contribution in [0.5, 0.6) is 0 Å². The topological polar surface area (TPSA) is 25.2 Å². The molecule has 1 amide bonds. The van der Waals surface area contributed by atoms with Gasteiger partial charge in [0.1, 0.15) is 6.54 Å². The summed E-state index contributed by atoms with van der Waals surface area (Å²) in [5.41, 5.74) is 1.13. The molecular weight excluding hydrogens is 232 g/mol. The molecule has 1 fully saturated rings. The van der Waals surface area contributed by atoms with Gasteiger partial charge in [0.2, 0.25) is 5.91 Å². The summed E-state index contributed by atoms with van der Waals surface area (Å²) in [6.45, 7) is 1.34. The Hall–Kier alpha value is -1.42. The van der Waals surface area contributed by atoms with Gasteiger partial charge >= 0.3 is 0 Å². The van der Waals surface area contributed by atoms with Gasteiger partial charge in [0.25, 0.3) is 0 Å². The summed E-state index contributed by atoms with van der Waals surface area (Å²) in [5.74, 6) is 2.13. The second-order valence-corrected chi connectivity index (χ2v) is 5.27. The number of aromatic nitrogens is 1. The number of benzene rings is 1. The van der Waals surface area contributed by atoms with Crippen LogP contribution < -0.4 is 0 Å². The molecule has 0 spiro atoms. The number of hydrogen-bond donors (Lipinski definition) is 0. The van der Waals surface area contributed by atoms with E-state index in [0.29, 0.717) is 6.54 Å². The van der Waals surface area contributed by atoms with Crippen LogP contribution in [0.2, 0.25) is 0 Å². The lowest BCUT2D eigenvalue weighted by Crippen LogP contribution is -2.30. The van der Waals surface area contributed by atoms with E-state index in [-0.39, 0.29) is 5.91 Å². The molecule has 2 heterocycles. The number of thioether (sulfide) groups is 1. The Morgan fingerprint density at radius 1 is 1.29 bits per heavy atom. The van der Waals surface area contributed by atoms with Crippen molar-refractivity contribution >= 4 is 28.6 Å². The largest absolute Gasteiger partial charge is 0.338 e. The zero-order valence-electron chi connectivity index (χ0n) is 9.50. The molecule has 0 aliphatic carbocycles. The standard InChI is InChI=1S/C13H14N2OS/c16-13(15-7-8-17-10-15)9-14-6-5-11-3-1-2-4-12(11)14/h1-6H,7-10H2. The lowest BCUT2D eigenvalue weighted by molar-refractivity contribution is -0.130. The first-order chi connectivity index (χ1) is 8.34. The Labute approximate surface area is 104 Å². The first-order valence-electron chi connectivity index (χ1n) is 5.74. The molecule has 0 atom stereocenters. The van der Waals surface area contributed by atoms with Crippen LogP contribution in [0.4, 0.5) is 0 Å². The van der Waals surface area contributed by atoms with Crippen LogP contribution in [0, 0.1) is 0 Å². The quantitative estimate of drug-likeness (QED) is 0.811. The van der Waals surface area contributed by atoms with Crippen LogP contribution in [0.25, 0.3) is 10.9 Å². The summed E-state index contributed by atoms with van der Waals surface area (Å²) in [6.07, 6.45) is 1.99. The minimum absolute atomic E-state index is 0.219. The average molecular weight is 246 g/mol. The van der Waals surface area contributed by atoms with Crippen molar-refractivity contribution in [2.45, 2.75) is 6.54 Å². The highest BCUT2D eigenvalue weighted by Gasteiger charge is 2.18. The molecule has 4 heteroatoms. The van der Waals surface area contributed by atoms with E-state index in [0.717, 1.165) is 23.7 Å². The number of carbonyl (C=O) groups excluding carboxylic acids is 1. The van der Waals surface area contributed by atoms with Crippen LogP contribution in [0.15, 0.2) is 36.5 Å².